The van der Waals surface area contributed by atoms with Crippen LogP contribution in [0.1, 0.15) is 33.3 Å². The molecule has 1 aliphatic heterocycles. The van der Waals surface area contributed by atoms with Crippen LogP contribution in [0.3, 0.4) is 0 Å². The quantitative estimate of drug-likeness (QED) is 0.794. The molecule has 2 heterocycles. The number of hydrogen-bond acceptors (Lipinski definition) is 4. The zero-order valence-electron chi connectivity index (χ0n) is 14.2. The number of benzene rings is 1. The van der Waals surface area contributed by atoms with Crippen LogP contribution in [0.25, 0.3) is 5.69 Å². The molecule has 0 unspecified atom stereocenters. The van der Waals surface area contributed by atoms with Gasteiger partial charge in [0.15, 0.2) is 0 Å². The maximum Gasteiger partial charge on any atom is 0.494 e. The highest BCUT2D eigenvalue weighted by atomic mass is 16.7. The normalized spacial score (nSPS) is 18.4. The molecule has 0 aliphatic carbocycles. The third-order valence-electron chi connectivity index (χ3n) is 4.70. The summed E-state index contributed by atoms with van der Waals surface area (Å²) in [6, 6.07) is 12.3. The van der Waals surface area contributed by atoms with Crippen LogP contribution in [0.5, 0.6) is 0 Å². The Kier molecular flexibility index (Phi) is 3.87. The average molecular weight is 322 g/mol. The van der Waals surface area contributed by atoms with Gasteiger partial charge in [-0.2, -0.15) is 5.26 Å². The van der Waals surface area contributed by atoms with Gasteiger partial charge in [-0.05, 0) is 57.4 Å². The molecule has 0 radical (unpaired) electrons. The summed E-state index contributed by atoms with van der Waals surface area (Å²) in [5.74, 6) is 0. The molecule has 0 N–H and O–H groups in total. The predicted molar refractivity (Wildman–Crippen MR) is 92.5 cm³/mol. The largest absolute Gasteiger partial charge is 0.494 e. The van der Waals surface area contributed by atoms with Gasteiger partial charge in [-0.15, -0.1) is 0 Å². The first-order valence-electron chi connectivity index (χ1n) is 7.82. The molecule has 0 bridgehead atoms. The van der Waals surface area contributed by atoms with Gasteiger partial charge in [-0.25, -0.2) is 0 Å². The Bertz CT molecular complexity index is 864. The van der Waals surface area contributed by atoms with E-state index in [2.05, 4.69) is 6.07 Å². The molecule has 0 atom stereocenters. The fourth-order valence-electron chi connectivity index (χ4n) is 2.59. The predicted octanol–water partition coefficient (Wildman–Crippen LogP) is 2.01. The second kappa shape index (κ2) is 5.62. The Morgan fingerprint density at radius 2 is 1.75 bits per heavy atom. The van der Waals surface area contributed by atoms with Crippen LogP contribution >= 0.6 is 0 Å². The summed E-state index contributed by atoms with van der Waals surface area (Å²) in [6.45, 7) is 7.90. The van der Waals surface area contributed by atoms with Gasteiger partial charge in [0, 0.05) is 18.0 Å². The Morgan fingerprint density at radius 3 is 2.33 bits per heavy atom. The maximum atomic E-state index is 12.1. The molecule has 1 aliphatic rings. The van der Waals surface area contributed by atoms with Crippen LogP contribution in [-0.4, -0.2) is 22.9 Å². The van der Waals surface area contributed by atoms with Gasteiger partial charge in [0.25, 0.3) is 5.56 Å². The summed E-state index contributed by atoms with van der Waals surface area (Å²) in [5.41, 5.74) is 0.692. The van der Waals surface area contributed by atoms with E-state index in [0.717, 1.165) is 5.46 Å². The third-order valence-corrected chi connectivity index (χ3v) is 4.70. The third kappa shape index (κ3) is 2.77. The molecular weight excluding hydrogens is 303 g/mol. The van der Waals surface area contributed by atoms with Crippen molar-refractivity contribution in [3.63, 3.8) is 0 Å². The zero-order chi connectivity index (χ0) is 17.5. The lowest BCUT2D eigenvalue weighted by Crippen LogP contribution is -2.41. The lowest BCUT2D eigenvalue weighted by atomic mass is 9.78. The molecule has 122 valence electrons. The summed E-state index contributed by atoms with van der Waals surface area (Å²) in [5, 5.41) is 9.33. The molecule has 24 heavy (non-hydrogen) atoms. The molecule has 3 rings (SSSR count). The minimum Gasteiger partial charge on any atom is -0.399 e. The fraction of sp³-hybridized carbons (Fsp3) is 0.333. The van der Waals surface area contributed by atoms with Gasteiger partial charge in [0.05, 0.1) is 22.8 Å². The number of nitriles is 1. The molecule has 2 aromatic rings. The van der Waals surface area contributed by atoms with Crippen molar-refractivity contribution in [2.45, 2.75) is 38.9 Å². The van der Waals surface area contributed by atoms with Gasteiger partial charge in [0.1, 0.15) is 0 Å². The van der Waals surface area contributed by atoms with E-state index >= 15 is 0 Å². The van der Waals surface area contributed by atoms with Crippen molar-refractivity contribution >= 4 is 12.6 Å². The second-order valence-electron chi connectivity index (χ2n) is 6.92. The Hall–Kier alpha value is -2.36. The Labute approximate surface area is 141 Å². The van der Waals surface area contributed by atoms with Crippen LogP contribution in [0, 0.1) is 11.3 Å². The standard InChI is InChI=1S/C18H19BN2O3/c1-17(2)18(3,4)24-19(23-17)14-9-13(12-20)10-15(11-14)21-8-6-5-7-16(21)22/h5-11H,1-4H3. The summed E-state index contributed by atoms with van der Waals surface area (Å²) in [6.07, 6.45) is 1.67. The van der Waals surface area contributed by atoms with Crippen molar-refractivity contribution in [2.24, 2.45) is 0 Å². The molecule has 1 fully saturated rings. The summed E-state index contributed by atoms with van der Waals surface area (Å²) >= 11 is 0. The first-order valence-corrected chi connectivity index (χ1v) is 7.82. The SMILES string of the molecule is CC1(C)OB(c2cc(C#N)cc(-n3ccccc3=O)c2)OC1(C)C. The van der Waals surface area contributed by atoms with Crippen LogP contribution in [0.15, 0.2) is 47.4 Å². The molecule has 0 saturated carbocycles. The van der Waals surface area contributed by atoms with E-state index in [1.54, 1.807) is 30.5 Å². The lowest BCUT2D eigenvalue weighted by molar-refractivity contribution is 0.00578. The van der Waals surface area contributed by atoms with Gasteiger partial charge in [-0.3, -0.25) is 9.36 Å². The second-order valence-corrected chi connectivity index (χ2v) is 6.92. The smallest absolute Gasteiger partial charge is 0.399 e. The summed E-state index contributed by atoms with van der Waals surface area (Å²) in [4.78, 5) is 12.1. The molecule has 1 saturated heterocycles. The van der Waals surface area contributed by atoms with Crippen molar-refractivity contribution in [1.82, 2.24) is 4.57 Å². The highest BCUT2D eigenvalue weighted by Crippen LogP contribution is 2.36. The summed E-state index contributed by atoms with van der Waals surface area (Å²) in [7, 11) is -0.582. The Balaban J connectivity index is 2.08. The summed E-state index contributed by atoms with van der Waals surface area (Å²) < 4.78 is 13.6. The topological polar surface area (TPSA) is 64.2 Å². The van der Waals surface area contributed by atoms with Crippen LogP contribution in [-0.2, 0) is 9.31 Å². The van der Waals surface area contributed by atoms with E-state index in [0.29, 0.717) is 11.3 Å². The number of rotatable bonds is 2. The number of nitrogens with zero attached hydrogens (tertiary/aromatic N) is 2. The number of hydrogen-bond donors (Lipinski definition) is 0. The zero-order valence-corrected chi connectivity index (χ0v) is 14.2. The van der Waals surface area contributed by atoms with Crippen molar-refractivity contribution in [3.8, 4) is 11.8 Å². The van der Waals surface area contributed by atoms with Gasteiger partial charge < -0.3 is 9.31 Å². The number of aromatic nitrogens is 1. The average Bonchev–Trinajstić information content (AvgIpc) is 2.75. The van der Waals surface area contributed by atoms with Gasteiger partial charge >= 0.3 is 7.12 Å². The number of pyridine rings is 1. The van der Waals surface area contributed by atoms with E-state index in [1.807, 2.05) is 33.8 Å². The van der Waals surface area contributed by atoms with Crippen molar-refractivity contribution < 1.29 is 9.31 Å². The minimum absolute atomic E-state index is 0.160. The maximum absolute atomic E-state index is 12.1. The van der Waals surface area contributed by atoms with E-state index in [1.165, 1.54) is 10.6 Å². The highest BCUT2D eigenvalue weighted by molar-refractivity contribution is 6.62. The molecular formula is C18H19BN2O3. The fourth-order valence-corrected chi connectivity index (χ4v) is 2.59. The van der Waals surface area contributed by atoms with Crippen LogP contribution in [0.4, 0.5) is 0 Å². The molecule has 0 amide bonds. The molecule has 0 spiro atoms. The molecule has 5 nitrogen and oxygen atoms in total. The van der Waals surface area contributed by atoms with Crippen molar-refractivity contribution in [2.75, 3.05) is 0 Å². The highest BCUT2D eigenvalue weighted by Gasteiger charge is 2.51. The van der Waals surface area contributed by atoms with Crippen molar-refractivity contribution in [3.05, 3.63) is 58.5 Å². The Morgan fingerprint density at radius 1 is 1.08 bits per heavy atom. The molecule has 1 aromatic carbocycles. The van der Waals surface area contributed by atoms with E-state index in [9.17, 15) is 10.1 Å². The minimum atomic E-state index is -0.582. The molecule has 1 aromatic heterocycles. The van der Waals surface area contributed by atoms with Crippen LogP contribution < -0.4 is 11.0 Å². The lowest BCUT2D eigenvalue weighted by Gasteiger charge is -2.32. The first-order chi connectivity index (χ1) is 11.2. The van der Waals surface area contributed by atoms with Gasteiger partial charge in [-0.1, -0.05) is 6.07 Å². The van der Waals surface area contributed by atoms with Gasteiger partial charge in [0.2, 0.25) is 0 Å². The monoisotopic (exact) mass is 322 g/mol. The first kappa shape index (κ1) is 16.5. The molecule has 6 heteroatoms. The van der Waals surface area contributed by atoms with E-state index < -0.39 is 18.3 Å². The van der Waals surface area contributed by atoms with E-state index in [4.69, 9.17) is 9.31 Å². The van der Waals surface area contributed by atoms with Crippen LogP contribution in [0.2, 0.25) is 0 Å². The van der Waals surface area contributed by atoms with Crippen molar-refractivity contribution in [1.29, 1.82) is 5.26 Å². The van der Waals surface area contributed by atoms with E-state index in [-0.39, 0.29) is 5.56 Å².